The van der Waals surface area contributed by atoms with Crippen molar-refractivity contribution in [3.05, 3.63) is 24.3 Å². The minimum atomic E-state index is -1.26. The van der Waals surface area contributed by atoms with Gasteiger partial charge in [-0.1, -0.05) is 52.0 Å². The minimum Gasteiger partial charge on any atom is -0.465 e. The molecule has 0 aliphatic carbocycles. The number of cyclic esters (lactones) is 1. The molecule has 4 heterocycles. The normalized spacial score (nSPS) is 33.4. The quantitative estimate of drug-likeness (QED) is 0.293. The van der Waals surface area contributed by atoms with Crippen molar-refractivity contribution < 1.29 is 29.0 Å². The molecule has 4 aliphatic rings. The molecule has 4 aliphatic heterocycles. The second kappa shape index (κ2) is 10.4. The largest absolute Gasteiger partial charge is 0.465 e. The molecule has 2 fully saturated rings. The fraction of sp³-hybridized carbons (Fsp3) is 0.767. The molecule has 0 radical (unpaired) electrons. The standard InChI is InChI=1S/C30H46N2O6/c1-7-29-14-9-12-19-37-26(36)22(29)21-24(34)31(16-10-8-11-18-33)23-25(35)32(17-13-15-30(21,23)38-29)28(5,6)20-27(2,3)4/h9,13-15,21-23,33H,7-8,10-12,16-20H2,1-6H3/t21-,22-,23?,29+,30-/m0/s1. The fourth-order valence-corrected chi connectivity index (χ4v) is 7.48. The van der Waals surface area contributed by atoms with Gasteiger partial charge in [0.2, 0.25) is 11.8 Å². The van der Waals surface area contributed by atoms with Crippen molar-refractivity contribution in [3.63, 3.8) is 0 Å². The summed E-state index contributed by atoms with van der Waals surface area (Å²) in [5, 5.41) is 9.26. The van der Waals surface area contributed by atoms with Crippen molar-refractivity contribution in [2.45, 2.75) is 103 Å². The first kappa shape index (κ1) is 28.8. The summed E-state index contributed by atoms with van der Waals surface area (Å²) in [4.78, 5) is 45.9. The maximum Gasteiger partial charge on any atom is 0.313 e. The predicted molar refractivity (Wildman–Crippen MR) is 144 cm³/mol. The van der Waals surface area contributed by atoms with Gasteiger partial charge in [0.05, 0.1) is 12.5 Å². The van der Waals surface area contributed by atoms with E-state index in [0.29, 0.717) is 38.8 Å². The number of rotatable bonds is 8. The Morgan fingerprint density at radius 3 is 2.39 bits per heavy atom. The van der Waals surface area contributed by atoms with Crippen LogP contribution in [0.25, 0.3) is 0 Å². The summed E-state index contributed by atoms with van der Waals surface area (Å²) in [6, 6.07) is -0.870. The third-order valence-electron chi connectivity index (χ3n) is 8.65. The molecule has 0 aromatic heterocycles. The molecule has 0 bridgehead atoms. The number of likely N-dealkylation sites (tertiary alicyclic amines) is 1. The number of aliphatic hydroxyl groups is 1. The maximum atomic E-state index is 14.6. The van der Waals surface area contributed by atoms with Gasteiger partial charge in [-0.3, -0.25) is 14.4 Å². The lowest BCUT2D eigenvalue weighted by molar-refractivity contribution is -0.163. The summed E-state index contributed by atoms with van der Waals surface area (Å²) in [5.41, 5.74) is -2.74. The van der Waals surface area contributed by atoms with Gasteiger partial charge >= 0.3 is 5.97 Å². The number of amides is 2. The van der Waals surface area contributed by atoms with Gasteiger partial charge in [0, 0.05) is 25.2 Å². The van der Waals surface area contributed by atoms with Gasteiger partial charge in [-0.25, -0.2) is 0 Å². The number of unbranched alkanes of at least 4 members (excludes halogenated alkanes) is 2. The lowest BCUT2D eigenvalue weighted by Crippen LogP contribution is -2.60. The molecule has 5 atom stereocenters. The minimum absolute atomic E-state index is 0.00831. The molecule has 1 unspecified atom stereocenters. The van der Waals surface area contributed by atoms with Crippen molar-refractivity contribution in [3.8, 4) is 0 Å². The number of carbonyl (C=O) groups excluding carboxylic acids is 3. The van der Waals surface area contributed by atoms with Crippen molar-refractivity contribution in [1.29, 1.82) is 0 Å². The molecule has 2 amide bonds. The van der Waals surface area contributed by atoms with Crippen LogP contribution in [-0.2, 0) is 23.9 Å². The van der Waals surface area contributed by atoms with Crippen LogP contribution in [0.15, 0.2) is 24.3 Å². The second-order valence-corrected chi connectivity index (χ2v) is 13.2. The highest BCUT2D eigenvalue weighted by Crippen LogP contribution is 2.58. The van der Waals surface area contributed by atoms with E-state index in [2.05, 4.69) is 34.6 Å². The van der Waals surface area contributed by atoms with Crippen LogP contribution in [0.1, 0.15) is 80.1 Å². The Kier molecular flexibility index (Phi) is 7.90. The van der Waals surface area contributed by atoms with Crippen molar-refractivity contribution >= 4 is 17.8 Å². The Morgan fingerprint density at radius 1 is 1.00 bits per heavy atom. The van der Waals surface area contributed by atoms with Crippen LogP contribution in [0.5, 0.6) is 0 Å². The SMILES string of the molecule is CC[C@@]12C=CCCOC(=O)[C@@H]1[C@H]1C(=O)N(CCCCCO)C3C(=O)N(C(C)(C)CC(C)(C)C)CC=C[C@@]31O2. The summed E-state index contributed by atoms with van der Waals surface area (Å²) in [5.74, 6) is -2.46. The van der Waals surface area contributed by atoms with Crippen LogP contribution in [0, 0.1) is 17.3 Å². The van der Waals surface area contributed by atoms with Gasteiger partial charge in [-0.15, -0.1) is 0 Å². The van der Waals surface area contributed by atoms with Gasteiger partial charge in [-0.05, 0) is 57.8 Å². The number of ether oxygens (including phenoxy) is 2. The molecule has 4 rings (SSSR count). The summed E-state index contributed by atoms with van der Waals surface area (Å²) in [7, 11) is 0. The topological polar surface area (TPSA) is 96.4 Å². The first-order valence-corrected chi connectivity index (χ1v) is 14.3. The molecule has 2 saturated heterocycles. The molecule has 8 nitrogen and oxygen atoms in total. The van der Waals surface area contributed by atoms with E-state index in [1.54, 1.807) is 4.90 Å². The molecule has 38 heavy (non-hydrogen) atoms. The number of esters is 1. The summed E-state index contributed by atoms with van der Waals surface area (Å²) in [6.07, 6.45) is 11.6. The molecule has 8 heteroatoms. The van der Waals surface area contributed by atoms with E-state index >= 15 is 0 Å². The summed E-state index contributed by atoms with van der Waals surface area (Å²) < 4.78 is 12.5. The van der Waals surface area contributed by atoms with Gasteiger partial charge in [0.1, 0.15) is 23.2 Å². The Hall–Kier alpha value is -2.19. The van der Waals surface area contributed by atoms with Gasteiger partial charge in [-0.2, -0.15) is 0 Å². The average molecular weight is 531 g/mol. The Labute approximate surface area is 227 Å². The molecule has 1 N–H and O–H groups in total. The van der Waals surface area contributed by atoms with Crippen molar-refractivity contribution in [2.24, 2.45) is 17.3 Å². The first-order valence-electron chi connectivity index (χ1n) is 14.3. The molecule has 0 aromatic carbocycles. The second-order valence-electron chi connectivity index (χ2n) is 13.2. The molecular formula is C30H46N2O6. The maximum absolute atomic E-state index is 14.6. The number of hydrogen-bond acceptors (Lipinski definition) is 6. The fourth-order valence-electron chi connectivity index (χ4n) is 7.48. The predicted octanol–water partition coefficient (Wildman–Crippen LogP) is 3.63. The highest BCUT2D eigenvalue weighted by atomic mass is 16.6. The van der Waals surface area contributed by atoms with Crippen LogP contribution in [-0.4, -0.2) is 81.8 Å². The van der Waals surface area contributed by atoms with Gasteiger partial charge in [0.25, 0.3) is 0 Å². The lowest BCUT2D eigenvalue weighted by atomic mass is 9.73. The molecule has 0 aromatic rings. The van der Waals surface area contributed by atoms with Crippen molar-refractivity contribution in [1.82, 2.24) is 9.80 Å². The van der Waals surface area contributed by atoms with E-state index in [-0.39, 0.29) is 30.4 Å². The Morgan fingerprint density at radius 2 is 1.74 bits per heavy atom. The summed E-state index contributed by atoms with van der Waals surface area (Å²) >= 11 is 0. The number of aliphatic hydroxyl groups excluding tert-OH is 1. The Balaban J connectivity index is 1.82. The molecule has 212 valence electrons. The van der Waals surface area contributed by atoms with Crippen LogP contribution < -0.4 is 0 Å². The highest BCUT2D eigenvalue weighted by Gasteiger charge is 2.75. The van der Waals surface area contributed by atoms with Crippen LogP contribution in [0.4, 0.5) is 0 Å². The third-order valence-corrected chi connectivity index (χ3v) is 8.65. The number of nitrogens with zero attached hydrogens (tertiary/aromatic N) is 2. The average Bonchev–Trinajstić information content (AvgIpc) is 3.15. The monoisotopic (exact) mass is 530 g/mol. The van der Waals surface area contributed by atoms with E-state index in [9.17, 15) is 19.5 Å². The zero-order valence-corrected chi connectivity index (χ0v) is 24.0. The van der Waals surface area contributed by atoms with Crippen LogP contribution in [0.3, 0.4) is 0 Å². The smallest absolute Gasteiger partial charge is 0.313 e. The molecular weight excluding hydrogens is 484 g/mol. The van der Waals surface area contributed by atoms with Crippen molar-refractivity contribution in [2.75, 3.05) is 26.3 Å². The van der Waals surface area contributed by atoms with E-state index < -0.39 is 40.6 Å². The first-order chi connectivity index (χ1) is 17.8. The van der Waals surface area contributed by atoms with Crippen LogP contribution in [0.2, 0.25) is 0 Å². The van der Waals surface area contributed by atoms with Crippen LogP contribution >= 0.6 is 0 Å². The van der Waals surface area contributed by atoms with E-state index in [4.69, 9.17) is 9.47 Å². The van der Waals surface area contributed by atoms with Gasteiger partial charge < -0.3 is 24.4 Å². The lowest BCUT2D eigenvalue weighted by Gasteiger charge is -2.45. The number of carbonyl (C=O) groups is 3. The zero-order chi connectivity index (χ0) is 27.9. The molecule has 0 saturated carbocycles. The molecule has 1 spiro atoms. The third kappa shape index (κ3) is 4.83. The Bertz CT molecular complexity index is 997. The zero-order valence-electron chi connectivity index (χ0n) is 24.0. The number of fused-ring (bicyclic) bond motifs is 2. The van der Waals surface area contributed by atoms with Gasteiger partial charge in [0.15, 0.2) is 0 Å². The van der Waals surface area contributed by atoms with E-state index in [1.807, 2.05) is 36.1 Å². The summed E-state index contributed by atoms with van der Waals surface area (Å²) in [6.45, 7) is 13.7. The highest BCUT2D eigenvalue weighted by molar-refractivity contribution is 5.99. The van der Waals surface area contributed by atoms with E-state index in [1.165, 1.54) is 0 Å². The van der Waals surface area contributed by atoms with E-state index in [0.717, 1.165) is 12.8 Å². The number of hydrogen-bond donors (Lipinski definition) is 1.